The van der Waals surface area contributed by atoms with Crippen molar-refractivity contribution < 1.29 is 19.4 Å². The Hall–Kier alpha value is -2.04. The van der Waals surface area contributed by atoms with Crippen LogP contribution in [0.2, 0.25) is 0 Å². The second-order valence-electron chi connectivity index (χ2n) is 5.64. The van der Waals surface area contributed by atoms with Crippen LogP contribution in [-0.4, -0.2) is 30.1 Å². The number of hydrogen-bond acceptors (Lipinski definition) is 3. The maximum Gasteiger partial charge on any atom is 0.303 e. The number of aliphatic carboxylic acids is 1. The molecule has 1 rings (SSSR count). The van der Waals surface area contributed by atoms with E-state index in [9.17, 15) is 9.59 Å². The van der Waals surface area contributed by atoms with E-state index in [0.29, 0.717) is 24.6 Å². The van der Waals surface area contributed by atoms with Crippen LogP contribution in [0.3, 0.4) is 0 Å². The summed E-state index contributed by atoms with van der Waals surface area (Å²) in [6.45, 7) is 6.91. The Kier molecular flexibility index (Phi) is 6.72. The van der Waals surface area contributed by atoms with Crippen molar-refractivity contribution in [2.75, 3.05) is 13.2 Å². The number of amides is 1. The topological polar surface area (TPSA) is 75.6 Å². The average molecular weight is 293 g/mol. The van der Waals surface area contributed by atoms with E-state index in [1.54, 1.807) is 31.2 Å². The van der Waals surface area contributed by atoms with Crippen LogP contribution in [0.1, 0.15) is 37.6 Å². The Morgan fingerprint density at radius 1 is 1.19 bits per heavy atom. The zero-order valence-electron chi connectivity index (χ0n) is 12.8. The van der Waals surface area contributed by atoms with Gasteiger partial charge in [0.2, 0.25) is 0 Å². The summed E-state index contributed by atoms with van der Waals surface area (Å²) in [7, 11) is 0. The smallest absolute Gasteiger partial charge is 0.303 e. The van der Waals surface area contributed by atoms with Crippen molar-refractivity contribution in [1.82, 2.24) is 5.32 Å². The van der Waals surface area contributed by atoms with Crippen molar-refractivity contribution in [3.05, 3.63) is 29.8 Å². The van der Waals surface area contributed by atoms with Gasteiger partial charge in [0.05, 0.1) is 6.61 Å². The first kappa shape index (κ1) is 17.0. The number of carbonyl (C=O) groups excluding carboxylic acids is 1. The summed E-state index contributed by atoms with van der Waals surface area (Å²) < 4.78 is 5.55. The van der Waals surface area contributed by atoms with Gasteiger partial charge in [0.1, 0.15) is 5.75 Å². The lowest BCUT2D eigenvalue weighted by atomic mass is 10.1. The fourth-order valence-corrected chi connectivity index (χ4v) is 1.70. The van der Waals surface area contributed by atoms with Crippen molar-refractivity contribution >= 4 is 11.9 Å². The van der Waals surface area contributed by atoms with Gasteiger partial charge in [-0.25, -0.2) is 0 Å². The first-order valence-electron chi connectivity index (χ1n) is 7.11. The van der Waals surface area contributed by atoms with Crippen LogP contribution in [-0.2, 0) is 4.79 Å². The molecule has 0 aromatic heterocycles. The SMILES string of the molecule is CC(C)COc1ccc(C(=O)NCC(C)CC(=O)O)cc1. The van der Waals surface area contributed by atoms with Crippen molar-refractivity contribution in [2.24, 2.45) is 11.8 Å². The van der Waals surface area contributed by atoms with Crippen molar-refractivity contribution in [3.8, 4) is 5.75 Å². The van der Waals surface area contributed by atoms with Crippen LogP contribution < -0.4 is 10.1 Å². The molecule has 5 nitrogen and oxygen atoms in total. The number of rotatable bonds is 8. The molecule has 21 heavy (non-hydrogen) atoms. The van der Waals surface area contributed by atoms with Crippen LogP contribution in [0.5, 0.6) is 5.75 Å². The Morgan fingerprint density at radius 3 is 2.33 bits per heavy atom. The molecule has 1 aromatic rings. The fraction of sp³-hybridized carbons (Fsp3) is 0.500. The number of ether oxygens (including phenoxy) is 1. The van der Waals surface area contributed by atoms with Crippen molar-refractivity contribution in [2.45, 2.75) is 27.2 Å². The van der Waals surface area contributed by atoms with E-state index < -0.39 is 5.97 Å². The molecular weight excluding hydrogens is 270 g/mol. The molecule has 0 aliphatic carbocycles. The predicted octanol–water partition coefficient (Wildman–Crippen LogP) is 2.56. The molecule has 0 bridgehead atoms. The fourth-order valence-electron chi connectivity index (χ4n) is 1.70. The van der Waals surface area contributed by atoms with Crippen molar-refractivity contribution in [3.63, 3.8) is 0 Å². The van der Waals surface area contributed by atoms with Gasteiger partial charge >= 0.3 is 5.97 Å². The number of benzene rings is 1. The Labute approximate surface area is 125 Å². The molecule has 2 N–H and O–H groups in total. The van der Waals surface area contributed by atoms with Crippen LogP contribution in [0.25, 0.3) is 0 Å². The van der Waals surface area contributed by atoms with E-state index in [1.807, 2.05) is 0 Å². The van der Waals surface area contributed by atoms with Crippen LogP contribution in [0, 0.1) is 11.8 Å². The van der Waals surface area contributed by atoms with Gasteiger partial charge in [0, 0.05) is 18.5 Å². The molecule has 0 aliphatic heterocycles. The van der Waals surface area contributed by atoms with Gasteiger partial charge in [-0.1, -0.05) is 20.8 Å². The summed E-state index contributed by atoms with van der Waals surface area (Å²) in [4.78, 5) is 22.5. The first-order valence-corrected chi connectivity index (χ1v) is 7.11. The molecule has 1 amide bonds. The lowest BCUT2D eigenvalue weighted by Gasteiger charge is -2.11. The zero-order valence-corrected chi connectivity index (χ0v) is 12.8. The molecule has 0 radical (unpaired) electrons. The van der Waals surface area contributed by atoms with Gasteiger partial charge in [0.25, 0.3) is 5.91 Å². The minimum atomic E-state index is -0.858. The lowest BCUT2D eigenvalue weighted by Crippen LogP contribution is -2.29. The summed E-state index contributed by atoms with van der Waals surface area (Å²) >= 11 is 0. The van der Waals surface area contributed by atoms with Gasteiger partial charge in [0.15, 0.2) is 0 Å². The van der Waals surface area contributed by atoms with E-state index in [-0.39, 0.29) is 18.2 Å². The summed E-state index contributed by atoms with van der Waals surface area (Å²) in [6, 6.07) is 6.93. The zero-order chi connectivity index (χ0) is 15.8. The van der Waals surface area contributed by atoms with Crippen LogP contribution in [0.15, 0.2) is 24.3 Å². The largest absolute Gasteiger partial charge is 0.493 e. The van der Waals surface area contributed by atoms with E-state index in [1.165, 1.54) is 0 Å². The molecule has 0 spiro atoms. The first-order chi connectivity index (χ1) is 9.88. The van der Waals surface area contributed by atoms with Gasteiger partial charge < -0.3 is 15.2 Å². The number of carboxylic acid groups (broad SMARTS) is 1. The van der Waals surface area contributed by atoms with Gasteiger partial charge in [-0.2, -0.15) is 0 Å². The molecule has 0 saturated carbocycles. The Balaban J connectivity index is 2.45. The summed E-state index contributed by atoms with van der Waals surface area (Å²) in [5, 5.41) is 11.4. The van der Waals surface area contributed by atoms with E-state index in [4.69, 9.17) is 9.84 Å². The van der Waals surface area contributed by atoms with Crippen molar-refractivity contribution in [1.29, 1.82) is 0 Å². The normalized spacial score (nSPS) is 12.0. The maximum atomic E-state index is 11.9. The third-order valence-electron chi connectivity index (χ3n) is 2.83. The molecule has 1 atom stereocenters. The molecule has 0 saturated heterocycles. The second-order valence-corrected chi connectivity index (χ2v) is 5.64. The maximum absolute atomic E-state index is 11.9. The summed E-state index contributed by atoms with van der Waals surface area (Å²) in [5.74, 6) is 0.0225. The number of carbonyl (C=O) groups is 2. The van der Waals surface area contributed by atoms with Gasteiger partial charge in [-0.15, -0.1) is 0 Å². The highest BCUT2D eigenvalue weighted by atomic mass is 16.5. The quantitative estimate of drug-likeness (QED) is 0.772. The molecule has 1 aromatic carbocycles. The molecule has 0 aliphatic rings. The highest BCUT2D eigenvalue weighted by molar-refractivity contribution is 5.94. The van der Waals surface area contributed by atoms with E-state index in [0.717, 1.165) is 5.75 Å². The van der Waals surface area contributed by atoms with Crippen LogP contribution in [0.4, 0.5) is 0 Å². The molecule has 116 valence electrons. The van der Waals surface area contributed by atoms with E-state index >= 15 is 0 Å². The third kappa shape index (κ3) is 6.79. The lowest BCUT2D eigenvalue weighted by molar-refractivity contribution is -0.137. The molecule has 0 heterocycles. The highest BCUT2D eigenvalue weighted by Gasteiger charge is 2.10. The summed E-state index contributed by atoms with van der Waals surface area (Å²) in [6.07, 6.45) is 0.0439. The molecule has 0 fully saturated rings. The average Bonchev–Trinajstić information content (AvgIpc) is 2.42. The monoisotopic (exact) mass is 293 g/mol. The standard InChI is InChI=1S/C16H23NO4/c1-11(2)10-21-14-6-4-13(5-7-14)16(20)17-9-12(3)8-15(18)19/h4-7,11-12H,8-10H2,1-3H3,(H,17,20)(H,18,19). The predicted molar refractivity (Wildman–Crippen MR) is 80.5 cm³/mol. The Bertz CT molecular complexity index is 468. The third-order valence-corrected chi connectivity index (χ3v) is 2.83. The molecule has 1 unspecified atom stereocenters. The highest BCUT2D eigenvalue weighted by Crippen LogP contribution is 2.13. The number of hydrogen-bond donors (Lipinski definition) is 2. The molecule has 5 heteroatoms. The van der Waals surface area contributed by atoms with Gasteiger partial charge in [-0.05, 0) is 36.1 Å². The second kappa shape index (κ2) is 8.29. The summed E-state index contributed by atoms with van der Waals surface area (Å²) in [5.41, 5.74) is 0.537. The van der Waals surface area contributed by atoms with E-state index in [2.05, 4.69) is 19.2 Å². The molecular formula is C16H23NO4. The van der Waals surface area contributed by atoms with Crippen LogP contribution >= 0.6 is 0 Å². The van der Waals surface area contributed by atoms with Gasteiger partial charge in [-0.3, -0.25) is 9.59 Å². The number of carboxylic acids is 1. The Morgan fingerprint density at radius 2 is 1.81 bits per heavy atom. The minimum Gasteiger partial charge on any atom is -0.493 e. The minimum absolute atomic E-state index is 0.0439. The number of nitrogens with one attached hydrogen (secondary N) is 1.